The first kappa shape index (κ1) is 15.5. The van der Waals surface area contributed by atoms with E-state index in [4.69, 9.17) is 9.47 Å². The number of hydrogen-bond donors (Lipinski definition) is 0. The summed E-state index contributed by atoms with van der Waals surface area (Å²) < 4.78 is 11.6. The number of ether oxygens (including phenoxy) is 2. The maximum Gasteiger partial charge on any atom is 0.204 e. The highest BCUT2D eigenvalue weighted by Crippen LogP contribution is 2.33. The Morgan fingerprint density at radius 3 is 2.48 bits per heavy atom. The van der Waals surface area contributed by atoms with E-state index in [9.17, 15) is 0 Å². The van der Waals surface area contributed by atoms with Crippen molar-refractivity contribution in [2.24, 2.45) is 0 Å². The maximum atomic E-state index is 5.41. The highest BCUT2D eigenvalue weighted by Gasteiger charge is 2.12. The van der Waals surface area contributed by atoms with Crippen molar-refractivity contribution in [3.8, 4) is 22.9 Å². The second kappa shape index (κ2) is 6.78. The van der Waals surface area contributed by atoms with Crippen molar-refractivity contribution >= 4 is 15.9 Å². The van der Waals surface area contributed by atoms with E-state index in [2.05, 4.69) is 31.3 Å². The Labute approximate surface area is 142 Å². The largest absolute Gasteiger partial charge is 0.496 e. The lowest BCUT2D eigenvalue weighted by molar-refractivity contribution is 0.393. The lowest BCUT2D eigenvalue weighted by Gasteiger charge is -2.11. The van der Waals surface area contributed by atoms with Gasteiger partial charge in [-0.25, -0.2) is 0 Å². The van der Waals surface area contributed by atoms with Gasteiger partial charge in [0.25, 0.3) is 0 Å². The summed E-state index contributed by atoms with van der Waals surface area (Å²) in [5, 5.41) is 12.6. The third kappa shape index (κ3) is 3.34. The molecule has 0 N–H and O–H groups in total. The molecule has 0 saturated heterocycles. The highest BCUT2D eigenvalue weighted by molar-refractivity contribution is 9.10. The van der Waals surface area contributed by atoms with Gasteiger partial charge >= 0.3 is 0 Å². The molecule has 0 aliphatic rings. The zero-order valence-corrected chi connectivity index (χ0v) is 14.3. The molecule has 0 spiro atoms. The minimum Gasteiger partial charge on any atom is -0.496 e. The monoisotopic (exact) mass is 374 g/mol. The highest BCUT2D eigenvalue weighted by atomic mass is 79.9. The minimum atomic E-state index is 0.437. The molecule has 3 rings (SSSR count). The molecule has 0 atom stereocenters. The van der Waals surface area contributed by atoms with Crippen LogP contribution in [0, 0.1) is 0 Å². The predicted octanol–water partition coefficient (Wildman–Crippen LogP) is 3.17. The van der Waals surface area contributed by atoms with E-state index in [1.165, 1.54) is 4.80 Å². The molecule has 0 fully saturated rings. The van der Waals surface area contributed by atoms with Gasteiger partial charge in [0.15, 0.2) is 0 Å². The molecule has 0 aliphatic heterocycles. The summed E-state index contributed by atoms with van der Waals surface area (Å²) in [5.41, 5.74) is 1.84. The molecule has 6 nitrogen and oxygen atoms in total. The van der Waals surface area contributed by atoms with Crippen LogP contribution in [0.1, 0.15) is 5.56 Å². The van der Waals surface area contributed by atoms with Crippen LogP contribution in [0.2, 0.25) is 0 Å². The molecule has 23 heavy (non-hydrogen) atoms. The molecule has 0 amide bonds. The van der Waals surface area contributed by atoms with Gasteiger partial charge in [-0.15, -0.1) is 10.2 Å². The Balaban J connectivity index is 1.89. The van der Waals surface area contributed by atoms with Crippen molar-refractivity contribution in [1.29, 1.82) is 0 Å². The number of aromatic nitrogens is 4. The second-order valence-electron chi connectivity index (χ2n) is 4.81. The topological polar surface area (TPSA) is 62.1 Å². The van der Waals surface area contributed by atoms with Crippen molar-refractivity contribution in [3.63, 3.8) is 0 Å². The first-order valence-electron chi connectivity index (χ1n) is 6.95. The smallest absolute Gasteiger partial charge is 0.204 e. The zero-order chi connectivity index (χ0) is 16.2. The quantitative estimate of drug-likeness (QED) is 0.686. The summed E-state index contributed by atoms with van der Waals surface area (Å²) in [6, 6.07) is 13.5. The van der Waals surface area contributed by atoms with Crippen molar-refractivity contribution in [1.82, 2.24) is 20.2 Å². The van der Waals surface area contributed by atoms with Crippen molar-refractivity contribution in [2.75, 3.05) is 14.2 Å². The Bertz CT molecular complexity index is 805. The molecule has 1 heterocycles. The SMILES string of the molecule is COc1cc(Cn2nnc(-c3ccccc3)n2)c(OC)cc1Br. The van der Waals surface area contributed by atoms with Crippen LogP contribution in [0.3, 0.4) is 0 Å². The van der Waals surface area contributed by atoms with Gasteiger partial charge < -0.3 is 9.47 Å². The molecule has 0 saturated carbocycles. The van der Waals surface area contributed by atoms with E-state index in [0.29, 0.717) is 12.4 Å². The summed E-state index contributed by atoms with van der Waals surface area (Å²) >= 11 is 3.45. The second-order valence-corrected chi connectivity index (χ2v) is 5.66. The van der Waals surface area contributed by atoms with Crippen LogP contribution >= 0.6 is 15.9 Å². The lowest BCUT2D eigenvalue weighted by Crippen LogP contribution is -2.06. The Kier molecular flexibility index (Phi) is 4.57. The standard InChI is InChI=1S/C16H15BrN4O2/c1-22-14-9-13(17)15(23-2)8-12(14)10-21-19-16(18-20-21)11-6-4-3-5-7-11/h3-9H,10H2,1-2H3. The minimum absolute atomic E-state index is 0.437. The molecule has 0 bridgehead atoms. The van der Waals surface area contributed by atoms with Crippen molar-refractivity contribution in [3.05, 3.63) is 52.5 Å². The fourth-order valence-electron chi connectivity index (χ4n) is 2.21. The lowest BCUT2D eigenvalue weighted by atomic mass is 10.2. The van der Waals surface area contributed by atoms with Gasteiger partial charge in [0, 0.05) is 11.1 Å². The fourth-order valence-corrected chi connectivity index (χ4v) is 2.70. The van der Waals surface area contributed by atoms with E-state index in [0.717, 1.165) is 27.1 Å². The van der Waals surface area contributed by atoms with Gasteiger partial charge in [0.1, 0.15) is 11.5 Å². The number of nitrogens with zero attached hydrogens (tertiary/aromatic N) is 4. The van der Waals surface area contributed by atoms with Crippen LogP contribution in [0.25, 0.3) is 11.4 Å². The summed E-state index contributed by atoms with van der Waals surface area (Å²) in [5.74, 6) is 2.05. The molecule has 0 unspecified atom stereocenters. The van der Waals surface area contributed by atoms with Crippen molar-refractivity contribution in [2.45, 2.75) is 6.54 Å². The molecule has 7 heteroatoms. The number of halogens is 1. The number of hydrogen-bond acceptors (Lipinski definition) is 5. The maximum absolute atomic E-state index is 5.41. The van der Waals surface area contributed by atoms with Gasteiger partial charge in [0.2, 0.25) is 5.82 Å². The summed E-state index contributed by atoms with van der Waals surface area (Å²) in [7, 11) is 3.25. The average molecular weight is 375 g/mol. The summed E-state index contributed by atoms with van der Waals surface area (Å²) in [4.78, 5) is 1.54. The van der Waals surface area contributed by atoms with E-state index in [1.807, 2.05) is 42.5 Å². The van der Waals surface area contributed by atoms with E-state index in [-0.39, 0.29) is 0 Å². The number of methoxy groups -OCH3 is 2. The van der Waals surface area contributed by atoms with Gasteiger partial charge in [0.05, 0.1) is 25.2 Å². The van der Waals surface area contributed by atoms with Crippen LogP contribution in [-0.2, 0) is 6.54 Å². The van der Waals surface area contributed by atoms with Crippen LogP contribution < -0.4 is 9.47 Å². The molecule has 1 aromatic heterocycles. The third-order valence-electron chi connectivity index (χ3n) is 3.35. The van der Waals surface area contributed by atoms with E-state index >= 15 is 0 Å². The Morgan fingerprint density at radius 1 is 1.04 bits per heavy atom. The van der Waals surface area contributed by atoms with Crippen LogP contribution in [0.15, 0.2) is 46.9 Å². The van der Waals surface area contributed by atoms with Crippen LogP contribution in [-0.4, -0.2) is 34.4 Å². The molecule has 3 aromatic rings. The normalized spacial score (nSPS) is 10.6. The van der Waals surface area contributed by atoms with Crippen LogP contribution in [0.4, 0.5) is 0 Å². The van der Waals surface area contributed by atoms with E-state index < -0.39 is 0 Å². The zero-order valence-electron chi connectivity index (χ0n) is 12.7. The van der Waals surface area contributed by atoms with Gasteiger partial charge in [-0.2, -0.15) is 4.80 Å². The number of rotatable bonds is 5. The molecular weight excluding hydrogens is 360 g/mol. The molecule has 0 radical (unpaired) electrons. The van der Waals surface area contributed by atoms with Gasteiger partial charge in [-0.1, -0.05) is 30.3 Å². The fraction of sp³-hybridized carbons (Fsp3) is 0.188. The first-order valence-corrected chi connectivity index (χ1v) is 7.74. The van der Waals surface area contributed by atoms with Crippen molar-refractivity contribution < 1.29 is 9.47 Å². The average Bonchev–Trinajstić information content (AvgIpc) is 3.05. The Hall–Kier alpha value is -2.41. The van der Waals surface area contributed by atoms with Crippen LogP contribution in [0.5, 0.6) is 11.5 Å². The Morgan fingerprint density at radius 2 is 1.78 bits per heavy atom. The summed E-state index contributed by atoms with van der Waals surface area (Å²) in [6.07, 6.45) is 0. The van der Waals surface area contributed by atoms with E-state index in [1.54, 1.807) is 14.2 Å². The number of tetrazole rings is 1. The molecule has 0 aliphatic carbocycles. The first-order chi connectivity index (χ1) is 11.2. The molecular formula is C16H15BrN4O2. The van der Waals surface area contributed by atoms with Gasteiger partial charge in [-0.05, 0) is 33.3 Å². The molecule has 2 aromatic carbocycles. The molecule has 118 valence electrons. The number of benzene rings is 2. The van der Waals surface area contributed by atoms with Gasteiger partial charge in [-0.3, -0.25) is 0 Å². The summed E-state index contributed by atoms with van der Waals surface area (Å²) in [6.45, 7) is 0.437. The predicted molar refractivity (Wildman–Crippen MR) is 89.6 cm³/mol. The third-order valence-corrected chi connectivity index (χ3v) is 3.97.